The average molecular weight is 418 g/mol. The fraction of sp³-hybridized carbons (Fsp3) is 0.333. The van der Waals surface area contributed by atoms with E-state index in [1.54, 1.807) is 39.1 Å². The minimum atomic E-state index is -0.573. The molecule has 1 heterocycles. The molecule has 0 aliphatic heterocycles. The molecule has 0 saturated heterocycles. The van der Waals surface area contributed by atoms with E-state index >= 15 is 0 Å². The van der Waals surface area contributed by atoms with Crippen LogP contribution in [0.15, 0.2) is 48.7 Å². The molecule has 28 heavy (non-hydrogen) atoms. The fourth-order valence-corrected chi connectivity index (χ4v) is 3.07. The normalized spacial score (nSPS) is 11.0. The van der Waals surface area contributed by atoms with Gasteiger partial charge in [-0.3, -0.25) is 9.78 Å². The van der Waals surface area contributed by atoms with Crippen molar-refractivity contribution in [2.45, 2.75) is 26.5 Å². The first-order valence-electron chi connectivity index (χ1n) is 8.79. The molecule has 0 fully saturated rings. The van der Waals surface area contributed by atoms with Gasteiger partial charge >= 0.3 is 11.9 Å². The lowest BCUT2D eigenvalue weighted by Crippen LogP contribution is -2.24. The van der Waals surface area contributed by atoms with Crippen LogP contribution in [0.1, 0.15) is 42.4 Å². The maximum absolute atomic E-state index is 12.1. The molecule has 0 saturated carbocycles. The van der Waals surface area contributed by atoms with E-state index in [-0.39, 0.29) is 19.2 Å². The SMILES string of the molecule is CC(C)(C)C(=O)OCCOC(=O)c1ccc(CSC(=S)c2ccccn2)cc1. The number of carbonyl (C=O) groups excluding carboxylic acids is 2. The molecular weight excluding hydrogens is 394 g/mol. The maximum atomic E-state index is 12.1. The largest absolute Gasteiger partial charge is 0.462 e. The Labute approximate surface area is 174 Å². The molecule has 7 heteroatoms. The molecule has 2 rings (SSSR count). The van der Waals surface area contributed by atoms with Crippen LogP contribution in [-0.4, -0.2) is 34.3 Å². The van der Waals surface area contributed by atoms with Gasteiger partial charge < -0.3 is 9.47 Å². The lowest BCUT2D eigenvalue weighted by atomic mass is 9.97. The summed E-state index contributed by atoms with van der Waals surface area (Å²) < 4.78 is 10.9. The van der Waals surface area contributed by atoms with Crippen LogP contribution in [0.2, 0.25) is 0 Å². The summed E-state index contributed by atoms with van der Waals surface area (Å²) in [5.74, 6) is -0.0861. The Bertz CT molecular complexity index is 815. The second-order valence-corrected chi connectivity index (χ2v) is 8.66. The predicted molar refractivity (Wildman–Crippen MR) is 114 cm³/mol. The molecule has 0 amide bonds. The number of thiocarbonyl (C=S) groups is 1. The number of nitrogens with zero attached hydrogens (tertiary/aromatic N) is 1. The number of hydrogen-bond acceptors (Lipinski definition) is 7. The van der Waals surface area contributed by atoms with E-state index in [2.05, 4.69) is 4.98 Å². The molecule has 0 bridgehead atoms. The van der Waals surface area contributed by atoms with Gasteiger partial charge in [0.05, 0.1) is 20.9 Å². The Hall–Kier alpha value is -2.25. The van der Waals surface area contributed by atoms with Crippen LogP contribution in [0.5, 0.6) is 0 Å². The van der Waals surface area contributed by atoms with Gasteiger partial charge in [0.1, 0.15) is 13.2 Å². The Kier molecular flexibility index (Phi) is 8.14. The van der Waals surface area contributed by atoms with Crippen LogP contribution in [0.25, 0.3) is 0 Å². The van der Waals surface area contributed by atoms with Crippen molar-refractivity contribution in [3.8, 4) is 0 Å². The van der Waals surface area contributed by atoms with Crippen LogP contribution in [0.4, 0.5) is 0 Å². The number of thioether (sulfide) groups is 1. The lowest BCUT2D eigenvalue weighted by Gasteiger charge is -2.16. The number of carbonyl (C=O) groups is 2. The van der Waals surface area contributed by atoms with Crippen LogP contribution >= 0.6 is 24.0 Å². The first kappa shape index (κ1) is 22.0. The zero-order chi connectivity index (χ0) is 20.6. The van der Waals surface area contributed by atoms with Crippen LogP contribution in [-0.2, 0) is 20.0 Å². The third-order valence-corrected chi connectivity index (χ3v) is 5.11. The minimum Gasteiger partial charge on any atom is -0.462 e. The van der Waals surface area contributed by atoms with E-state index in [1.807, 2.05) is 30.3 Å². The molecule has 0 radical (unpaired) electrons. The molecule has 2 aromatic rings. The second-order valence-electron chi connectivity index (χ2n) is 7.01. The summed E-state index contributed by atoms with van der Waals surface area (Å²) in [6.07, 6.45) is 1.71. The van der Waals surface area contributed by atoms with E-state index in [4.69, 9.17) is 21.7 Å². The summed E-state index contributed by atoms with van der Waals surface area (Å²) in [5.41, 5.74) is 1.70. The third-order valence-electron chi connectivity index (χ3n) is 3.60. The van der Waals surface area contributed by atoms with Crippen molar-refractivity contribution in [3.63, 3.8) is 0 Å². The summed E-state index contributed by atoms with van der Waals surface area (Å²) in [5, 5.41) is 0. The number of benzene rings is 1. The van der Waals surface area contributed by atoms with Gasteiger partial charge in [-0.15, -0.1) is 11.8 Å². The molecular formula is C21H23NO4S2. The predicted octanol–water partition coefficient (Wildman–Crippen LogP) is 4.44. The lowest BCUT2D eigenvalue weighted by molar-refractivity contribution is -0.154. The summed E-state index contributed by atoms with van der Waals surface area (Å²) in [6, 6.07) is 12.8. The van der Waals surface area contributed by atoms with E-state index in [0.717, 1.165) is 15.5 Å². The quantitative estimate of drug-likeness (QED) is 0.375. The number of ether oxygens (including phenoxy) is 2. The van der Waals surface area contributed by atoms with Gasteiger partial charge in [0.15, 0.2) is 0 Å². The topological polar surface area (TPSA) is 65.5 Å². The van der Waals surface area contributed by atoms with E-state index in [9.17, 15) is 9.59 Å². The second kappa shape index (κ2) is 10.3. The van der Waals surface area contributed by atoms with Gasteiger partial charge in [-0.2, -0.15) is 0 Å². The molecule has 5 nitrogen and oxygen atoms in total. The fourth-order valence-electron chi connectivity index (χ4n) is 2.01. The van der Waals surface area contributed by atoms with Crippen LogP contribution in [0, 0.1) is 5.41 Å². The Morgan fingerprint density at radius 2 is 1.71 bits per heavy atom. The highest BCUT2D eigenvalue weighted by molar-refractivity contribution is 8.23. The number of rotatable bonds is 7. The molecule has 1 aromatic carbocycles. The standard InChI is InChI=1S/C21H23NO4S2/c1-21(2,3)20(24)26-13-12-25-18(23)16-9-7-15(8-10-16)14-28-19(27)17-6-4-5-11-22-17/h4-11H,12-14H2,1-3H3. The zero-order valence-electron chi connectivity index (χ0n) is 16.1. The number of esters is 2. The van der Waals surface area contributed by atoms with E-state index in [0.29, 0.717) is 11.3 Å². The first-order valence-corrected chi connectivity index (χ1v) is 10.2. The molecule has 1 aromatic heterocycles. The van der Waals surface area contributed by atoms with Gasteiger partial charge in [0, 0.05) is 11.9 Å². The van der Waals surface area contributed by atoms with Crippen LogP contribution < -0.4 is 0 Å². The molecule has 0 aliphatic rings. The van der Waals surface area contributed by atoms with Crippen molar-refractivity contribution in [3.05, 3.63) is 65.5 Å². The summed E-state index contributed by atoms with van der Waals surface area (Å²) in [7, 11) is 0. The van der Waals surface area contributed by atoms with Crippen molar-refractivity contribution in [1.82, 2.24) is 4.98 Å². The van der Waals surface area contributed by atoms with E-state index < -0.39 is 11.4 Å². The molecule has 0 unspecified atom stereocenters. The van der Waals surface area contributed by atoms with Crippen molar-refractivity contribution in [2.75, 3.05) is 13.2 Å². The average Bonchev–Trinajstić information content (AvgIpc) is 2.69. The highest BCUT2D eigenvalue weighted by Crippen LogP contribution is 2.19. The van der Waals surface area contributed by atoms with Gasteiger partial charge in [-0.25, -0.2) is 4.79 Å². The van der Waals surface area contributed by atoms with Gasteiger partial charge in [0.2, 0.25) is 0 Å². The van der Waals surface area contributed by atoms with Gasteiger partial charge in [-0.05, 0) is 50.6 Å². The van der Waals surface area contributed by atoms with Crippen molar-refractivity contribution < 1.29 is 19.1 Å². The maximum Gasteiger partial charge on any atom is 0.338 e. The minimum absolute atomic E-state index is 0.0244. The third kappa shape index (κ3) is 7.05. The number of hydrogen-bond donors (Lipinski definition) is 0. The van der Waals surface area contributed by atoms with Crippen molar-refractivity contribution in [2.24, 2.45) is 5.41 Å². The first-order chi connectivity index (χ1) is 13.3. The zero-order valence-corrected chi connectivity index (χ0v) is 17.8. The van der Waals surface area contributed by atoms with Crippen LogP contribution in [0.3, 0.4) is 0 Å². The Morgan fingerprint density at radius 3 is 2.32 bits per heavy atom. The van der Waals surface area contributed by atoms with Crippen molar-refractivity contribution >= 4 is 40.1 Å². The summed E-state index contributed by atoms with van der Waals surface area (Å²) in [6.45, 7) is 5.37. The monoisotopic (exact) mass is 417 g/mol. The molecule has 0 N–H and O–H groups in total. The van der Waals surface area contributed by atoms with Gasteiger partial charge in [-0.1, -0.05) is 30.4 Å². The molecule has 148 valence electrons. The summed E-state index contributed by atoms with van der Waals surface area (Å²) in [4.78, 5) is 27.9. The number of pyridine rings is 1. The highest BCUT2D eigenvalue weighted by Gasteiger charge is 2.22. The molecule has 0 aliphatic carbocycles. The Morgan fingerprint density at radius 1 is 1.04 bits per heavy atom. The smallest absolute Gasteiger partial charge is 0.338 e. The van der Waals surface area contributed by atoms with Crippen molar-refractivity contribution in [1.29, 1.82) is 0 Å². The summed E-state index contributed by atoms with van der Waals surface area (Å²) >= 11 is 6.90. The molecule has 0 spiro atoms. The Balaban J connectivity index is 1.76. The highest BCUT2D eigenvalue weighted by atomic mass is 32.2. The van der Waals surface area contributed by atoms with E-state index in [1.165, 1.54) is 11.8 Å². The van der Waals surface area contributed by atoms with Gasteiger partial charge in [0.25, 0.3) is 0 Å². The molecule has 0 atom stereocenters. The number of aromatic nitrogens is 1.